The lowest BCUT2D eigenvalue weighted by atomic mass is 10.00. The summed E-state index contributed by atoms with van der Waals surface area (Å²) in [5, 5.41) is 9.65. The van der Waals surface area contributed by atoms with Crippen molar-refractivity contribution in [3.8, 4) is 0 Å². The molecule has 2 rings (SSSR count). The molecule has 82 valence electrons. The molecule has 2 unspecified atom stereocenters. The van der Waals surface area contributed by atoms with Crippen LogP contribution in [0.15, 0.2) is 0 Å². The highest BCUT2D eigenvalue weighted by molar-refractivity contribution is 4.95. The number of hydrogen-bond acceptors (Lipinski definition) is 3. The summed E-state index contributed by atoms with van der Waals surface area (Å²) >= 11 is 0. The predicted molar refractivity (Wildman–Crippen MR) is 57.3 cm³/mol. The average Bonchev–Trinajstić information content (AvgIpc) is 2.34. The summed E-state index contributed by atoms with van der Waals surface area (Å²) in [7, 11) is 4.25. The molecule has 1 N–H and O–H groups in total. The number of rotatable bonds is 3. The lowest BCUT2D eigenvalue weighted by molar-refractivity contribution is 0.0326. The first-order valence-corrected chi connectivity index (χ1v) is 5.75. The molecule has 2 aliphatic heterocycles. The topological polar surface area (TPSA) is 26.7 Å². The minimum atomic E-state index is -0.0249. The van der Waals surface area contributed by atoms with Crippen molar-refractivity contribution >= 4 is 0 Å². The summed E-state index contributed by atoms with van der Waals surface area (Å²) in [6, 6.07) is 1.34. The maximum atomic E-state index is 9.65. The second kappa shape index (κ2) is 4.17. The minimum absolute atomic E-state index is 0.0249. The maximum Gasteiger partial charge on any atom is 0.0570 e. The van der Waals surface area contributed by atoms with Crippen molar-refractivity contribution in [1.29, 1.82) is 0 Å². The van der Waals surface area contributed by atoms with Crippen LogP contribution in [0.2, 0.25) is 0 Å². The Bertz CT molecular complexity index is 182. The van der Waals surface area contributed by atoms with Gasteiger partial charge in [0.2, 0.25) is 0 Å². The van der Waals surface area contributed by atoms with Gasteiger partial charge < -0.3 is 10.0 Å². The van der Waals surface area contributed by atoms with Crippen molar-refractivity contribution in [2.75, 3.05) is 27.2 Å². The Labute approximate surface area is 86.7 Å². The number of aliphatic hydroxyl groups excluding tert-OH is 1. The third-order valence-corrected chi connectivity index (χ3v) is 3.66. The third-order valence-electron chi connectivity index (χ3n) is 3.66. The highest BCUT2D eigenvalue weighted by Crippen LogP contribution is 2.35. The Morgan fingerprint density at radius 2 is 1.79 bits per heavy atom. The second-order valence-electron chi connectivity index (χ2n) is 5.05. The van der Waals surface area contributed by atoms with E-state index in [4.69, 9.17) is 0 Å². The zero-order valence-corrected chi connectivity index (χ0v) is 9.32. The fourth-order valence-electron chi connectivity index (χ4n) is 2.93. The molecule has 0 aromatic heterocycles. The van der Waals surface area contributed by atoms with Crippen LogP contribution in [-0.2, 0) is 0 Å². The van der Waals surface area contributed by atoms with E-state index in [2.05, 4.69) is 23.9 Å². The van der Waals surface area contributed by atoms with Crippen LogP contribution < -0.4 is 0 Å². The Balaban J connectivity index is 1.88. The van der Waals surface area contributed by atoms with Gasteiger partial charge in [-0.15, -0.1) is 0 Å². The minimum Gasteiger partial charge on any atom is -0.393 e. The first kappa shape index (κ1) is 10.4. The number of likely N-dealkylation sites (N-methyl/N-ethyl adjacent to an activating group) is 1. The van der Waals surface area contributed by atoms with Crippen molar-refractivity contribution in [3.05, 3.63) is 0 Å². The molecule has 0 radical (unpaired) electrons. The SMILES string of the molecule is CN(C)CCN1C2CCC1CC(O)C2. The van der Waals surface area contributed by atoms with Crippen molar-refractivity contribution in [1.82, 2.24) is 9.80 Å². The van der Waals surface area contributed by atoms with E-state index in [1.54, 1.807) is 0 Å². The normalized spacial score (nSPS) is 38.1. The molecule has 0 aliphatic carbocycles. The molecule has 0 amide bonds. The molecular weight excluding hydrogens is 176 g/mol. The first-order valence-electron chi connectivity index (χ1n) is 5.75. The van der Waals surface area contributed by atoms with Gasteiger partial charge in [-0.25, -0.2) is 0 Å². The molecule has 2 fully saturated rings. The lowest BCUT2D eigenvalue weighted by Crippen LogP contribution is -2.47. The highest BCUT2D eigenvalue weighted by Gasteiger charge is 2.39. The molecule has 14 heavy (non-hydrogen) atoms. The predicted octanol–water partition coefficient (Wildman–Crippen LogP) is 0.536. The van der Waals surface area contributed by atoms with Gasteiger partial charge in [0.1, 0.15) is 0 Å². The van der Waals surface area contributed by atoms with Crippen LogP contribution in [0.1, 0.15) is 25.7 Å². The van der Waals surface area contributed by atoms with Crippen LogP contribution >= 0.6 is 0 Å². The Morgan fingerprint density at radius 3 is 2.29 bits per heavy atom. The van der Waals surface area contributed by atoms with Crippen LogP contribution in [0.4, 0.5) is 0 Å². The van der Waals surface area contributed by atoms with E-state index < -0.39 is 0 Å². The molecule has 0 spiro atoms. The van der Waals surface area contributed by atoms with Gasteiger partial charge in [-0.3, -0.25) is 4.90 Å². The summed E-state index contributed by atoms with van der Waals surface area (Å²) in [5.41, 5.74) is 0. The van der Waals surface area contributed by atoms with Crippen LogP contribution in [-0.4, -0.2) is 60.3 Å². The maximum absolute atomic E-state index is 9.65. The van der Waals surface area contributed by atoms with Crippen LogP contribution in [0.5, 0.6) is 0 Å². The summed E-state index contributed by atoms with van der Waals surface area (Å²) < 4.78 is 0. The number of aliphatic hydroxyl groups is 1. The lowest BCUT2D eigenvalue weighted by Gasteiger charge is -2.37. The van der Waals surface area contributed by atoms with Crippen LogP contribution in [0, 0.1) is 0 Å². The number of nitrogens with zero attached hydrogens (tertiary/aromatic N) is 2. The molecule has 3 nitrogen and oxygen atoms in total. The van der Waals surface area contributed by atoms with Crippen LogP contribution in [0.25, 0.3) is 0 Å². The molecule has 0 saturated carbocycles. The summed E-state index contributed by atoms with van der Waals surface area (Å²) in [4.78, 5) is 4.86. The zero-order chi connectivity index (χ0) is 10.1. The Hall–Kier alpha value is -0.120. The van der Waals surface area contributed by atoms with Gasteiger partial charge in [-0.05, 0) is 39.8 Å². The smallest absolute Gasteiger partial charge is 0.0570 e. The monoisotopic (exact) mass is 198 g/mol. The van der Waals surface area contributed by atoms with E-state index in [1.807, 2.05) is 0 Å². The Kier molecular flexibility index (Phi) is 3.10. The van der Waals surface area contributed by atoms with Crippen molar-refractivity contribution < 1.29 is 5.11 Å². The van der Waals surface area contributed by atoms with Gasteiger partial charge >= 0.3 is 0 Å². The van der Waals surface area contributed by atoms with E-state index in [0.29, 0.717) is 12.1 Å². The fourth-order valence-corrected chi connectivity index (χ4v) is 2.93. The molecule has 0 aromatic rings. The van der Waals surface area contributed by atoms with Crippen molar-refractivity contribution in [2.24, 2.45) is 0 Å². The number of fused-ring (bicyclic) bond motifs is 2. The summed E-state index contributed by atoms with van der Waals surface area (Å²) in [6.45, 7) is 2.32. The third kappa shape index (κ3) is 2.10. The first-order chi connectivity index (χ1) is 6.66. The number of hydrogen-bond donors (Lipinski definition) is 1. The molecule has 2 bridgehead atoms. The number of piperidine rings is 1. The van der Waals surface area contributed by atoms with Gasteiger partial charge in [-0.1, -0.05) is 0 Å². The summed E-state index contributed by atoms with van der Waals surface area (Å²) in [5.74, 6) is 0. The fraction of sp³-hybridized carbons (Fsp3) is 1.00. The molecule has 0 aromatic carbocycles. The van der Waals surface area contributed by atoms with Gasteiger partial charge in [0.25, 0.3) is 0 Å². The van der Waals surface area contributed by atoms with E-state index in [1.165, 1.54) is 19.4 Å². The Morgan fingerprint density at radius 1 is 1.21 bits per heavy atom. The van der Waals surface area contributed by atoms with Gasteiger partial charge in [0.05, 0.1) is 6.10 Å². The molecular formula is C11H22N2O. The van der Waals surface area contributed by atoms with E-state index in [9.17, 15) is 5.11 Å². The van der Waals surface area contributed by atoms with Crippen molar-refractivity contribution in [3.63, 3.8) is 0 Å². The quantitative estimate of drug-likeness (QED) is 0.717. The molecule has 2 aliphatic rings. The molecule has 2 heterocycles. The zero-order valence-electron chi connectivity index (χ0n) is 9.32. The van der Waals surface area contributed by atoms with Gasteiger partial charge in [-0.2, -0.15) is 0 Å². The highest BCUT2D eigenvalue weighted by atomic mass is 16.3. The molecule has 2 saturated heterocycles. The van der Waals surface area contributed by atoms with Crippen LogP contribution in [0.3, 0.4) is 0 Å². The molecule has 3 heteroatoms. The largest absolute Gasteiger partial charge is 0.393 e. The average molecular weight is 198 g/mol. The molecule has 2 atom stereocenters. The standard InChI is InChI=1S/C11H22N2O/c1-12(2)5-6-13-9-3-4-10(13)8-11(14)7-9/h9-11,14H,3-8H2,1-2H3. The van der Waals surface area contributed by atoms with Crippen molar-refractivity contribution in [2.45, 2.75) is 43.9 Å². The summed E-state index contributed by atoms with van der Waals surface area (Å²) in [6.07, 6.45) is 4.58. The van der Waals surface area contributed by atoms with Gasteiger partial charge in [0.15, 0.2) is 0 Å². The van der Waals surface area contributed by atoms with E-state index >= 15 is 0 Å². The second-order valence-corrected chi connectivity index (χ2v) is 5.05. The van der Waals surface area contributed by atoms with E-state index in [-0.39, 0.29) is 6.10 Å². The van der Waals surface area contributed by atoms with Gasteiger partial charge in [0, 0.05) is 25.2 Å². The van der Waals surface area contributed by atoms with E-state index in [0.717, 1.165) is 19.4 Å².